The molecule has 0 atom stereocenters. The maximum atomic E-state index is 11.1. The molecule has 0 N–H and O–H groups in total. The number of hydrazine groups is 1. The molecular formula is C7H8N2O3. The van der Waals surface area contributed by atoms with Crippen LogP contribution >= 0.6 is 0 Å². The van der Waals surface area contributed by atoms with Crippen LogP contribution in [0.1, 0.15) is 19.3 Å². The molecule has 0 aliphatic carbocycles. The van der Waals surface area contributed by atoms with Crippen molar-refractivity contribution in [3.8, 4) is 0 Å². The Balaban J connectivity index is 2.16. The van der Waals surface area contributed by atoms with E-state index in [2.05, 4.69) is 0 Å². The summed E-state index contributed by atoms with van der Waals surface area (Å²) in [6.45, 7) is 0.496. The Morgan fingerprint density at radius 1 is 0.833 bits per heavy atom. The smallest absolute Gasteiger partial charge is 0.248 e. The van der Waals surface area contributed by atoms with Crippen LogP contribution in [0.15, 0.2) is 0 Å². The van der Waals surface area contributed by atoms with E-state index in [9.17, 15) is 14.4 Å². The van der Waals surface area contributed by atoms with E-state index in [4.69, 9.17) is 0 Å². The third-order valence-electron chi connectivity index (χ3n) is 2.09. The van der Waals surface area contributed by atoms with Crippen molar-refractivity contribution < 1.29 is 14.4 Å². The van der Waals surface area contributed by atoms with Crippen molar-refractivity contribution >= 4 is 17.7 Å². The van der Waals surface area contributed by atoms with Crippen molar-refractivity contribution in [1.82, 2.24) is 10.0 Å². The molecule has 2 aliphatic heterocycles. The van der Waals surface area contributed by atoms with Crippen molar-refractivity contribution in [2.45, 2.75) is 19.3 Å². The van der Waals surface area contributed by atoms with E-state index >= 15 is 0 Å². The normalized spacial score (nSPS) is 23.5. The van der Waals surface area contributed by atoms with Gasteiger partial charge in [-0.2, -0.15) is 5.01 Å². The van der Waals surface area contributed by atoms with Crippen LogP contribution in [0.4, 0.5) is 0 Å². The second kappa shape index (κ2) is 2.30. The SMILES string of the molecule is O=C1CCN1N1C(=O)CCC1=O. The summed E-state index contributed by atoms with van der Waals surface area (Å²) in [5.41, 5.74) is 0. The Kier molecular flexibility index (Phi) is 1.39. The fourth-order valence-electron chi connectivity index (χ4n) is 1.35. The maximum absolute atomic E-state index is 11.1. The first-order valence-electron chi connectivity index (χ1n) is 3.86. The lowest BCUT2D eigenvalue weighted by Crippen LogP contribution is -2.56. The highest BCUT2D eigenvalue weighted by molar-refractivity contribution is 6.03. The Bertz CT molecular complexity index is 258. The Labute approximate surface area is 68.9 Å². The van der Waals surface area contributed by atoms with Crippen LogP contribution in [0.2, 0.25) is 0 Å². The van der Waals surface area contributed by atoms with E-state index in [1.54, 1.807) is 0 Å². The Hall–Kier alpha value is -1.39. The van der Waals surface area contributed by atoms with E-state index in [0.717, 1.165) is 5.01 Å². The zero-order valence-electron chi connectivity index (χ0n) is 6.45. The monoisotopic (exact) mass is 168 g/mol. The van der Waals surface area contributed by atoms with Crippen LogP contribution in [0, 0.1) is 0 Å². The summed E-state index contributed by atoms with van der Waals surface area (Å²) in [6.07, 6.45) is 0.919. The van der Waals surface area contributed by atoms with Gasteiger partial charge in [0.15, 0.2) is 0 Å². The molecule has 0 spiro atoms. The highest BCUT2D eigenvalue weighted by Crippen LogP contribution is 2.20. The van der Waals surface area contributed by atoms with Gasteiger partial charge in [-0.25, -0.2) is 5.01 Å². The minimum atomic E-state index is -0.256. The van der Waals surface area contributed by atoms with Crippen LogP contribution in [-0.4, -0.2) is 34.3 Å². The topological polar surface area (TPSA) is 57.7 Å². The lowest BCUT2D eigenvalue weighted by Gasteiger charge is -2.36. The second-order valence-corrected chi connectivity index (χ2v) is 2.87. The molecular weight excluding hydrogens is 160 g/mol. The molecule has 0 radical (unpaired) electrons. The number of carbonyl (C=O) groups is 3. The molecule has 2 rings (SSSR count). The molecule has 0 aromatic heterocycles. The number of carbonyl (C=O) groups excluding carboxylic acids is 3. The summed E-state index contributed by atoms with van der Waals surface area (Å²) in [4.78, 5) is 33.0. The van der Waals surface area contributed by atoms with Gasteiger partial charge in [0, 0.05) is 19.3 Å². The van der Waals surface area contributed by atoms with Crippen molar-refractivity contribution in [2.75, 3.05) is 6.54 Å². The zero-order valence-corrected chi connectivity index (χ0v) is 6.45. The molecule has 0 unspecified atom stereocenters. The number of amides is 3. The molecule has 2 fully saturated rings. The average molecular weight is 168 g/mol. The number of nitrogens with zero attached hydrogens (tertiary/aromatic N) is 2. The van der Waals surface area contributed by atoms with Gasteiger partial charge >= 0.3 is 0 Å². The highest BCUT2D eigenvalue weighted by Gasteiger charge is 2.40. The standard InChI is InChI=1S/C7H8N2O3/c10-5-3-4-8(5)9-6(11)1-2-7(9)12/h1-4H2. The quantitative estimate of drug-likeness (QED) is 0.383. The number of imide groups is 1. The minimum absolute atomic E-state index is 0.140. The van der Waals surface area contributed by atoms with E-state index < -0.39 is 0 Å². The lowest BCUT2D eigenvalue weighted by molar-refractivity contribution is -0.177. The molecule has 3 amide bonds. The summed E-state index contributed by atoms with van der Waals surface area (Å²) in [7, 11) is 0. The number of rotatable bonds is 1. The van der Waals surface area contributed by atoms with Gasteiger partial charge in [-0.3, -0.25) is 14.4 Å². The van der Waals surface area contributed by atoms with Crippen LogP contribution in [0.5, 0.6) is 0 Å². The molecule has 0 bridgehead atoms. The van der Waals surface area contributed by atoms with Gasteiger partial charge in [0.2, 0.25) is 17.7 Å². The van der Waals surface area contributed by atoms with Crippen LogP contribution in [-0.2, 0) is 14.4 Å². The molecule has 0 aromatic rings. The number of hydrogen-bond donors (Lipinski definition) is 0. The van der Waals surface area contributed by atoms with Crippen molar-refractivity contribution in [3.05, 3.63) is 0 Å². The third-order valence-corrected chi connectivity index (χ3v) is 2.09. The molecule has 5 nitrogen and oxygen atoms in total. The zero-order chi connectivity index (χ0) is 8.72. The molecule has 0 aromatic carbocycles. The van der Waals surface area contributed by atoms with Gasteiger partial charge in [0.25, 0.3) is 0 Å². The Morgan fingerprint density at radius 2 is 1.42 bits per heavy atom. The predicted octanol–water partition coefficient (Wildman–Crippen LogP) is -0.717. The second-order valence-electron chi connectivity index (χ2n) is 2.87. The summed E-state index contributed by atoms with van der Waals surface area (Å²) < 4.78 is 0. The molecule has 5 heteroatoms. The summed E-state index contributed by atoms with van der Waals surface area (Å²) in [5.74, 6) is -0.653. The highest BCUT2D eigenvalue weighted by atomic mass is 16.2. The molecule has 0 saturated carbocycles. The van der Waals surface area contributed by atoms with Crippen molar-refractivity contribution in [3.63, 3.8) is 0 Å². The fraction of sp³-hybridized carbons (Fsp3) is 0.571. The maximum Gasteiger partial charge on any atom is 0.248 e. The largest absolute Gasteiger partial charge is 0.273 e. The first-order chi connectivity index (χ1) is 5.70. The first kappa shape index (κ1) is 7.27. The summed E-state index contributed by atoms with van der Waals surface area (Å²) >= 11 is 0. The predicted molar refractivity (Wildman–Crippen MR) is 37.4 cm³/mol. The summed E-state index contributed by atoms with van der Waals surface area (Å²) in [6, 6.07) is 0. The van der Waals surface area contributed by atoms with Gasteiger partial charge in [-0.05, 0) is 0 Å². The van der Waals surface area contributed by atoms with E-state index in [1.807, 2.05) is 0 Å². The third kappa shape index (κ3) is 0.823. The van der Waals surface area contributed by atoms with E-state index in [-0.39, 0.29) is 30.6 Å². The lowest BCUT2D eigenvalue weighted by atomic mass is 10.2. The van der Waals surface area contributed by atoms with Gasteiger partial charge in [-0.15, -0.1) is 0 Å². The van der Waals surface area contributed by atoms with Gasteiger partial charge in [-0.1, -0.05) is 0 Å². The van der Waals surface area contributed by atoms with Crippen LogP contribution in [0.3, 0.4) is 0 Å². The Morgan fingerprint density at radius 3 is 1.75 bits per heavy atom. The minimum Gasteiger partial charge on any atom is -0.273 e. The number of β-lactam (4-membered cyclic amide) rings is 1. The van der Waals surface area contributed by atoms with Gasteiger partial charge in [0.1, 0.15) is 0 Å². The molecule has 64 valence electrons. The number of hydrogen-bond acceptors (Lipinski definition) is 3. The van der Waals surface area contributed by atoms with Gasteiger partial charge < -0.3 is 0 Å². The summed E-state index contributed by atoms with van der Waals surface area (Å²) in [5, 5.41) is 2.20. The van der Waals surface area contributed by atoms with Crippen molar-refractivity contribution in [2.24, 2.45) is 0 Å². The van der Waals surface area contributed by atoms with Crippen molar-refractivity contribution in [1.29, 1.82) is 0 Å². The molecule has 2 saturated heterocycles. The van der Waals surface area contributed by atoms with E-state index in [1.165, 1.54) is 5.01 Å². The van der Waals surface area contributed by atoms with Crippen LogP contribution < -0.4 is 0 Å². The average Bonchev–Trinajstić information content (AvgIpc) is 2.33. The van der Waals surface area contributed by atoms with Crippen LogP contribution in [0.25, 0.3) is 0 Å². The first-order valence-corrected chi connectivity index (χ1v) is 3.86. The molecule has 2 heterocycles. The van der Waals surface area contributed by atoms with E-state index in [0.29, 0.717) is 13.0 Å². The molecule has 12 heavy (non-hydrogen) atoms. The molecule has 2 aliphatic rings. The van der Waals surface area contributed by atoms with Gasteiger partial charge in [0.05, 0.1) is 6.54 Å². The fourth-order valence-corrected chi connectivity index (χ4v) is 1.35.